The lowest BCUT2D eigenvalue weighted by Gasteiger charge is -2.25. The fourth-order valence-corrected chi connectivity index (χ4v) is 4.15. The molecule has 3 heterocycles. The Labute approximate surface area is 195 Å². The highest BCUT2D eigenvalue weighted by Crippen LogP contribution is 2.37. The van der Waals surface area contributed by atoms with Crippen molar-refractivity contribution < 1.29 is 9.53 Å². The molecule has 34 heavy (non-hydrogen) atoms. The van der Waals surface area contributed by atoms with Crippen LogP contribution >= 0.6 is 0 Å². The van der Waals surface area contributed by atoms with E-state index in [0.29, 0.717) is 40.2 Å². The Hall–Kier alpha value is -4.34. The summed E-state index contributed by atoms with van der Waals surface area (Å²) in [5.41, 5.74) is 3.63. The highest BCUT2D eigenvalue weighted by Gasteiger charge is 2.26. The molecule has 1 fully saturated rings. The zero-order chi connectivity index (χ0) is 23.8. The zero-order valence-electron chi connectivity index (χ0n) is 19.0. The number of ether oxygens (including phenoxy) is 1. The summed E-state index contributed by atoms with van der Waals surface area (Å²) < 4.78 is 10.2. The molecule has 0 unspecified atom stereocenters. The Bertz CT molecular complexity index is 1460. The summed E-state index contributed by atoms with van der Waals surface area (Å²) >= 11 is 0. The highest BCUT2D eigenvalue weighted by molar-refractivity contribution is 5.99. The second-order valence-corrected chi connectivity index (χ2v) is 8.26. The zero-order valence-corrected chi connectivity index (χ0v) is 19.0. The van der Waals surface area contributed by atoms with Gasteiger partial charge in [-0.15, -0.1) is 5.10 Å². The van der Waals surface area contributed by atoms with Gasteiger partial charge in [0.15, 0.2) is 5.65 Å². The molecule has 5 rings (SSSR count). The van der Waals surface area contributed by atoms with E-state index in [4.69, 9.17) is 4.74 Å². The van der Waals surface area contributed by atoms with E-state index in [9.17, 15) is 9.59 Å². The number of aryl methyl sites for hydroxylation is 1. The Morgan fingerprint density at radius 1 is 1.26 bits per heavy atom. The van der Waals surface area contributed by atoms with E-state index in [0.717, 1.165) is 25.0 Å². The quantitative estimate of drug-likeness (QED) is 0.411. The monoisotopic (exact) mass is 459 g/mol. The number of benzene rings is 1. The molecule has 1 aliphatic carbocycles. The molecule has 4 aromatic rings. The van der Waals surface area contributed by atoms with Crippen LogP contribution in [0.15, 0.2) is 60.3 Å². The van der Waals surface area contributed by atoms with Gasteiger partial charge in [-0.2, -0.15) is 0 Å². The number of hydrogen-bond donors (Lipinski definition) is 2. The molecule has 174 valence electrons. The molecule has 0 bridgehead atoms. The van der Waals surface area contributed by atoms with Crippen LogP contribution in [0.25, 0.3) is 11.3 Å². The van der Waals surface area contributed by atoms with E-state index >= 15 is 0 Å². The third kappa shape index (κ3) is 3.72. The molecular weight excluding hydrogens is 434 g/mol. The van der Waals surface area contributed by atoms with Crippen LogP contribution in [0.2, 0.25) is 0 Å². The van der Waals surface area contributed by atoms with Crippen molar-refractivity contribution in [3.05, 3.63) is 71.7 Å². The first-order chi connectivity index (χ1) is 16.5. The Morgan fingerprint density at radius 3 is 2.79 bits per heavy atom. The van der Waals surface area contributed by atoms with E-state index in [1.807, 2.05) is 6.07 Å². The fraction of sp³-hybridized carbons (Fsp3) is 0.250. The fourth-order valence-electron chi connectivity index (χ4n) is 4.15. The lowest BCUT2D eigenvalue weighted by Crippen LogP contribution is -2.28. The molecular formula is C24H25N7O3. The number of nitrogens with zero attached hydrogens (tertiary/aromatic N) is 5. The number of rotatable bonds is 7. The van der Waals surface area contributed by atoms with Gasteiger partial charge in [0.25, 0.3) is 5.88 Å². The van der Waals surface area contributed by atoms with Gasteiger partial charge in [-0.05, 0) is 37.1 Å². The summed E-state index contributed by atoms with van der Waals surface area (Å²) in [6.45, 7) is 3.48. The maximum Gasteiger partial charge on any atom is 0.338 e. The molecule has 3 aromatic heterocycles. The van der Waals surface area contributed by atoms with Gasteiger partial charge in [0, 0.05) is 31.0 Å². The van der Waals surface area contributed by atoms with Crippen LogP contribution in [0.5, 0.6) is 5.88 Å². The standard InChI is InChI=1S/C24H25N7O3/c1-4-21(32)26-16-9-6-10-17(11-16)30-14-18(27-19-13-29(2)28-23(19)34-3)22-25-12-20(15-7-5-8-15)31(22)24(30)33/h4,6,9-15,27H,1,5,7-8H2,2-3H3,(H,26,32). The number of carbonyl (C=O) groups excluding carboxylic acids is 1. The van der Waals surface area contributed by atoms with E-state index < -0.39 is 0 Å². The average molecular weight is 460 g/mol. The molecule has 0 radical (unpaired) electrons. The largest absolute Gasteiger partial charge is 0.478 e. The third-order valence-electron chi connectivity index (χ3n) is 6.04. The van der Waals surface area contributed by atoms with Crippen LogP contribution in [0.1, 0.15) is 30.9 Å². The van der Waals surface area contributed by atoms with E-state index in [2.05, 4.69) is 27.3 Å². The summed E-state index contributed by atoms with van der Waals surface area (Å²) in [5.74, 6) is 0.406. The second kappa shape index (κ2) is 8.54. The SMILES string of the molecule is C=CC(=O)Nc1cccc(-n2cc(Nc3cn(C)nc3OC)c3ncc(C4CCC4)n3c2=O)c1. The number of aromatic nitrogens is 5. The van der Waals surface area contributed by atoms with Crippen molar-refractivity contribution in [1.82, 2.24) is 23.7 Å². The first-order valence-electron chi connectivity index (χ1n) is 11.0. The molecule has 0 atom stereocenters. The van der Waals surface area contributed by atoms with Crippen molar-refractivity contribution in [2.24, 2.45) is 7.05 Å². The van der Waals surface area contributed by atoms with Crippen molar-refractivity contribution >= 4 is 28.6 Å². The number of imidazole rings is 1. The molecule has 10 nitrogen and oxygen atoms in total. The Kier molecular flexibility index (Phi) is 5.40. The van der Waals surface area contributed by atoms with Crippen LogP contribution < -0.4 is 21.1 Å². The number of amides is 1. The smallest absolute Gasteiger partial charge is 0.338 e. The average Bonchev–Trinajstić information content (AvgIpc) is 3.38. The van der Waals surface area contributed by atoms with Gasteiger partial charge < -0.3 is 15.4 Å². The molecule has 0 saturated heterocycles. The third-order valence-corrected chi connectivity index (χ3v) is 6.04. The van der Waals surface area contributed by atoms with Crippen LogP contribution in [-0.2, 0) is 11.8 Å². The molecule has 0 aliphatic heterocycles. The number of anilines is 3. The topological polar surface area (TPSA) is 107 Å². The molecule has 2 N–H and O–H groups in total. The van der Waals surface area contributed by atoms with Crippen LogP contribution in [0.4, 0.5) is 17.1 Å². The van der Waals surface area contributed by atoms with Crippen LogP contribution in [-0.4, -0.2) is 36.7 Å². The number of hydrogen-bond acceptors (Lipinski definition) is 6. The van der Waals surface area contributed by atoms with Crippen molar-refractivity contribution in [2.75, 3.05) is 17.7 Å². The number of nitrogens with one attached hydrogen (secondary N) is 2. The van der Waals surface area contributed by atoms with Gasteiger partial charge in [-0.3, -0.25) is 14.0 Å². The molecule has 0 spiro atoms. The van der Waals surface area contributed by atoms with Crippen molar-refractivity contribution in [1.29, 1.82) is 0 Å². The Balaban J connectivity index is 1.68. The lowest BCUT2D eigenvalue weighted by molar-refractivity contribution is -0.111. The lowest BCUT2D eigenvalue weighted by atomic mass is 9.83. The van der Waals surface area contributed by atoms with Gasteiger partial charge in [0.1, 0.15) is 5.69 Å². The minimum Gasteiger partial charge on any atom is -0.478 e. The van der Waals surface area contributed by atoms with Crippen molar-refractivity contribution in [2.45, 2.75) is 25.2 Å². The minimum atomic E-state index is -0.326. The van der Waals surface area contributed by atoms with E-state index in [1.54, 1.807) is 64.6 Å². The summed E-state index contributed by atoms with van der Waals surface area (Å²) in [7, 11) is 3.36. The maximum absolute atomic E-state index is 13.7. The second-order valence-electron chi connectivity index (χ2n) is 8.26. The summed E-state index contributed by atoms with van der Waals surface area (Å²) in [6.07, 6.45) is 9.70. The maximum atomic E-state index is 13.7. The van der Waals surface area contributed by atoms with Gasteiger partial charge in [-0.25, -0.2) is 14.2 Å². The van der Waals surface area contributed by atoms with Gasteiger partial charge >= 0.3 is 5.69 Å². The predicted molar refractivity (Wildman–Crippen MR) is 129 cm³/mol. The minimum absolute atomic E-state index is 0.231. The highest BCUT2D eigenvalue weighted by atomic mass is 16.5. The van der Waals surface area contributed by atoms with E-state index in [-0.39, 0.29) is 11.6 Å². The van der Waals surface area contributed by atoms with Gasteiger partial charge in [-0.1, -0.05) is 19.1 Å². The first kappa shape index (κ1) is 21.5. The molecule has 1 aliphatic rings. The predicted octanol–water partition coefficient (Wildman–Crippen LogP) is 3.36. The number of carbonyl (C=O) groups is 1. The number of methoxy groups -OCH3 is 1. The normalized spacial score (nSPS) is 13.5. The summed E-state index contributed by atoms with van der Waals surface area (Å²) in [5, 5.41) is 10.4. The van der Waals surface area contributed by atoms with Crippen molar-refractivity contribution in [3.63, 3.8) is 0 Å². The van der Waals surface area contributed by atoms with Gasteiger partial charge in [0.05, 0.1) is 30.4 Å². The van der Waals surface area contributed by atoms with Crippen LogP contribution in [0.3, 0.4) is 0 Å². The molecule has 10 heteroatoms. The Morgan fingerprint density at radius 2 is 2.09 bits per heavy atom. The first-order valence-corrected chi connectivity index (χ1v) is 11.0. The molecule has 1 aromatic carbocycles. The summed E-state index contributed by atoms with van der Waals surface area (Å²) in [4.78, 5) is 30.1. The molecule has 1 saturated carbocycles. The molecule has 1 amide bonds. The van der Waals surface area contributed by atoms with Crippen molar-refractivity contribution in [3.8, 4) is 11.6 Å². The van der Waals surface area contributed by atoms with Crippen LogP contribution in [0, 0.1) is 0 Å². The van der Waals surface area contributed by atoms with E-state index in [1.165, 1.54) is 6.08 Å². The summed E-state index contributed by atoms with van der Waals surface area (Å²) in [6, 6.07) is 7.09. The van der Waals surface area contributed by atoms with Gasteiger partial charge in [0.2, 0.25) is 5.91 Å². The number of fused-ring (bicyclic) bond motifs is 1.